The zero-order valence-electron chi connectivity index (χ0n) is 18.3. The lowest BCUT2D eigenvalue weighted by molar-refractivity contribution is -0.388. The number of anilines is 1. The number of nitro groups is 3. The molecule has 18 heteroatoms. The maximum absolute atomic E-state index is 12.3. The number of hydrogen-bond acceptors (Lipinski definition) is 11. The minimum atomic E-state index is -4.26. The van der Waals surface area contributed by atoms with Crippen LogP contribution in [0.3, 0.4) is 0 Å². The molecule has 0 aromatic heterocycles. The van der Waals surface area contributed by atoms with Gasteiger partial charge >= 0.3 is 0 Å². The molecular weight excluding hydrogens is 558 g/mol. The molecule has 3 rings (SSSR count). The summed E-state index contributed by atoms with van der Waals surface area (Å²) in [7, 11) is -3.34. The monoisotopic (exact) mass is 573 g/mol. The second kappa shape index (κ2) is 11.7. The lowest BCUT2D eigenvalue weighted by atomic mass is 10.1. The Bertz CT molecular complexity index is 1580. The predicted molar refractivity (Wildman–Crippen MR) is 131 cm³/mol. The van der Waals surface area contributed by atoms with Gasteiger partial charge in [0.15, 0.2) is 9.79 Å². The Labute approximate surface area is 213 Å². The number of nitrogens with one attached hydrogen (secondary N) is 1. The van der Waals surface area contributed by atoms with Gasteiger partial charge in [-0.3, -0.25) is 30.3 Å². The van der Waals surface area contributed by atoms with Crippen LogP contribution in [0.2, 0.25) is 0 Å². The number of nitrogens with two attached hydrogens (primary N) is 1. The molecule has 15 nitrogen and oxygen atoms in total. The van der Waals surface area contributed by atoms with Gasteiger partial charge in [-0.25, -0.2) is 21.6 Å². The van der Waals surface area contributed by atoms with Crippen LogP contribution in [0.15, 0.2) is 76.5 Å². The Morgan fingerprint density at radius 1 is 0.703 bits per heavy atom. The lowest BCUT2D eigenvalue weighted by Crippen LogP contribution is -2.25. The first-order valence-corrected chi connectivity index (χ1v) is 13.4. The van der Waals surface area contributed by atoms with Crippen LogP contribution >= 0.6 is 10.7 Å². The number of para-hydroxylation sites is 2. The first-order valence-electron chi connectivity index (χ1n) is 9.59. The SMILES string of the molecule is Nc1cccc([N+](=O)[O-])c1CNS(=O)(=O)c1ccccc1[N+](=O)[O-].O=[N+]([O-])c1ccccc1S(=O)(=O)Cl. The van der Waals surface area contributed by atoms with E-state index in [4.69, 9.17) is 16.4 Å². The van der Waals surface area contributed by atoms with Gasteiger partial charge < -0.3 is 5.73 Å². The third kappa shape index (κ3) is 7.40. The van der Waals surface area contributed by atoms with Gasteiger partial charge in [0.1, 0.15) is 0 Å². The van der Waals surface area contributed by atoms with Crippen LogP contribution in [0, 0.1) is 30.3 Å². The number of nitrogen functional groups attached to an aromatic ring is 1. The molecule has 0 heterocycles. The van der Waals surface area contributed by atoms with Crippen molar-refractivity contribution >= 4 is 52.5 Å². The molecule has 0 saturated carbocycles. The van der Waals surface area contributed by atoms with E-state index in [1.54, 1.807) is 0 Å². The summed E-state index contributed by atoms with van der Waals surface area (Å²) in [6, 6.07) is 13.6. The van der Waals surface area contributed by atoms with Gasteiger partial charge in [-0.05, 0) is 18.2 Å². The maximum Gasteiger partial charge on any atom is 0.289 e. The van der Waals surface area contributed by atoms with Crippen LogP contribution in [-0.2, 0) is 25.6 Å². The van der Waals surface area contributed by atoms with E-state index in [2.05, 4.69) is 4.72 Å². The molecule has 0 unspecified atom stereocenters. The second-order valence-electron chi connectivity index (χ2n) is 6.81. The number of sulfonamides is 1. The third-order valence-corrected chi connectivity index (χ3v) is 7.32. The summed E-state index contributed by atoms with van der Waals surface area (Å²) >= 11 is 0. The number of nitrogens with zero attached hydrogens (tertiary/aromatic N) is 3. The largest absolute Gasteiger partial charge is 0.398 e. The summed E-state index contributed by atoms with van der Waals surface area (Å²) in [5.41, 5.74) is 4.21. The first kappa shape index (κ1) is 29.0. The van der Waals surface area contributed by atoms with Crippen molar-refractivity contribution in [2.75, 3.05) is 5.73 Å². The van der Waals surface area contributed by atoms with E-state index in [1.807, 2.05) is 0 Å². The maximum atomic E-state index is 12.3. The topological polar surface area (TPSA) is 236 Å². The Balaban J connectivity index is 0.000000312. The summed E-state index contributed by atoms with van der Waals surface area (Å²) < 4.78 is 48.3. The van der Waals surface area contributed by atoms with Crippen LogP contribution in [0.4, 0.5) is 22.7 Å². The molecule has 0 fully saturated rings. The molecule has 0 aliphatic heterocycles. The average Bonchev–Trinajstić information content (AvgIpc) is 2.83. The molecule has 0 spiro atoms. The zero-order chi connectivity index (χ0) is 28.0. The molecule has 0 amide bonds. The van der Waals surface area contributed by atoms with Crippen LogP contribution in [0.1, 0.15) is 5.56 Å². The van der Waals surface area contributed by atoms with Crippen molar-refractivity contribution in [1.82, 2.24) is 4.72 Å². The molecule has 3 aromatic rings. The molecular formula is C19H16ClN5O10S2. The van der Waals surface area contributed by atoms with Gasteiger partial charge in [0, 0.05) is 41.1 Å². The smallest absolute Gasteiger partial charge is 0.289 e. The Hall–Kier alpha value is -4.19. The normalized spacial score (nSPS) is 11.2. The van der Waals surface area contributed by atoms with E-state index < -0.39 is 61.6 Å². The first-order chi connectivity index (χ1) is 17.2. The Kier molecular flexibility index (Phi) is 9.18. The summed E-state index contributed by atoms with van der Waals surface area (Å²) in [5, 5.41) is 32.3. The molecule has 0 bridgehead atoms. The minimum Gasteiger partial charge on any atom is -0.398 e. The van der Waals surface area contributed by atoms with E-state index in [-0.39, 0.29) is 16.9 Å². The number of nitro benzene ring substituents is 3. The molecule has 0 atom stereocenters. The Morgan fingerprint density at radius 3 is 1.59 bits per heavy atom. The van der Waals surface area contributed by atoms with E-state index in [0.29, 0.717) is 0 Å². The molecule has 3 aromatic carbocycles. The van der Waals surface area contributed by atoms with E-state index >= 15 is 0 Å². The van der Waals surface area contributed by atoms with Crippen molar-refractivity contribution in [2.45, 2.75) is 16.3 Å². The van der Waals surface area contributed by atoms with Crippen LogP contribution in [-0.4, -0.2) is 31.6 Å². The summed E-state index contributed by atoms with van der Waals surface area (Å²) in [4.78, 5) is 29.0. The van der Waals surface area contributed by atoms with Gasteiger partial charge in [-0.2, -0.15) is 0 Å². The van der Waals surface area contributed by atoms with Crippen molar-refractivity contribution in [1.29, 1.82) is 0 Å². The Morgan fingerprint density at radius 2 is 1.14 bits per heavy atom. The van der Waals surface area contributed by atoms with Crippen molar-refractivity contribution < 1.29 is 31.6 Å². The predicted octanol–water partition coefficient (Wildman–Crippen LogP) is 3.09. The average molecular weight is 574 g/mol. The zero-order valence-corrected chi connectivity index (χ0v) is 20.6. The quantitative estimate of drug-likeness (QED) is 0.172. The fourth-order valence-corrected chi connectivity index (χ4v) is 5.04. The molecule has 0 radical (unpaired) electrons. The standard InChI is InChI=1S/C13H12N4O6S.C6H4ClNO4S/c14-10-4-3-6-11(16(18)19)9(10)8-15-24(22,23)13-7-2-1-5-12(13)17(20)21;7-13(11,12)6-4-2-1-3-5(6)8(9)10/h1-7,15H,8,14H2;1-4H. The van der Waals surface area contributed by atoms with Crippen LogP contribution in [0.5, 0.6) is 0 Å². The highest BCUT2D eigenvalue weighted by molar-refractivity contribution is 8.13. The molecule has 0 saturated heterocycles. The van der Waals surface area contributed by atoms with Gasteiger partial charge in [0.25, 0.3) is 26.1 Å². The van der Waals surface area contributed by atoms with Gasteiger partial charge in [0.05, 0.1) is 20.3 Å². The molecule has 0 aliphatic carbocycles. The van der Waals surface area contributed by atoms with Gasteiger partial charge in [-0.15, -0.1) is 0 Å². The highest BCUT2D eigenvalue weighted by atomic mass is 35.7. The lowest BCUT2D eigenvalue weighted by Gasteiger charge is -2.09. The van der Waals surface area contributed by atoms with Crippen molar-refractivity contribution in [3.05, 3.63) is 103 Å². The van der Waals surface area contributed by atoms with Gasteiger partial charge in [0.2, 0.25) is 10.0 Å². The fourth-order valence-electron chi connectivity index (χ4n) is 2.85. The molecule has 3 N–H and O–H groups in total. The van der Waals surface area contributed by atoms with Gasteiger partial charge in [-0.1, -0.05) is 30.3 Å². The molecule has 196 valence electrons. The van der Waals surface area contributed by atoms with Crippen LogP contribution < -0.4 is 10.5 Å². The summed E-state index contributed by atoms with van der Waals surface area (Å²) in [5.74, 6) is 0. The van der Waals surface area contributed by atoms with Crippen molar-refractivity contribution in [3.8, 4) is 0 Å². The van der Waals surface area contributed by atoms with Crippen molar-refractivity contribution in [3.63, 3.8) is 0 Å². The second-order valence-corrected chi connectivity index (χ2v) is 11.1. The summed E-state index contributed by atoms with van der Waals surface area (Å²) in [6.07, 6.45) is 0. The van der Waals surface area contributed by atoms with Crippen LogP contribution in [0.25, 0.3) is 0 Å². The van der Waals surface area contributed by atoms with E-state index in [9.17, 15) is 47.2 Å². The number of halogens is 1. The highest BCUT2D eigenvalue weighted by Gasteiger charge is 2.26. The fraction of sp³-hybridized carbons (Fsp3) is 0.0526. The summed E-state index contributed by atoms with van der Waals surface area (Å²) in [6.45, 7) is -0.475. The minimum absolute atomic E-state index is 0.0235. The number of benzene rings is 3. The number of hydrogen-bond donors (Lipinski definition) is 2. The highest BCUT2D eigenvalue weighted by Crippen LogP contribution is 2.27. The van der Waals surface area contributed by atoms with E-state index in [0.717, 1.165) is 24.3 Å². The molecule has 37 heavy (non-hydrogen) atoms. The van der Waals surface area contributed by atoms with Crippen molar-refractivity contribution in [2.24, 2.45) is 0 Å². The van der Waals surface area contributed by atoms with E-state index in [1.165, 1.54) is 42.5 Å². The molecule has 0 aliphatic rings. The number of rotatable bonds is 8. The third-order valence-electron chi connectivity index (χ3n) is 4.50.